The molecule has 4 heteroatoms. The Kier molecular flexibility index (Phi) is 5.73. The van der Waals surface area contributed by atoms with Gasteiger partial charge in [-0.2, -0.15) is 0 Å². The van der Waals surface area contributed by atoms with E-state index in [0.717, 1.165) is 28.6 Å². The molecule has 0 fully saturated rings. The summed E-state index contributed by atoms with van der Waals surface area (Å²) in [4.78, 5) is 16.7. The minimum absolute atomic E-state index is 0.0726. The Morgan fingerprint density at radius 1 is 0.966 bits per heavy atom. The van der Waals surface area contributed by atoms with Crippen molar-refractivity contribution < 1.29 is 9.53 Å². The fourth-order valence-corrected chi connectivity index (χ4v) is 3.59. The molecule has 0 saturated carbocycles. The molecule has 0 aliphatic carbocycles. The summed E-state index contributed by atoms with van der Waals surface area (Å²) in [6.45, 7) is 0.694. The molecule has 0 bridgehead atoms. The molecule has 4 rings (SSSR count). The van der Waals surface area contributed by atoms with E-state index in [1.54, 1.807) is 7.11 Å². The predicted molar refractivity (Wildman–Crippen MR) is 117 cm³/mol. The topological polar surface area (TPSA) is 54.1 Å². The second-order valence-electron chi connectivity index (χ2n) is 7.01. The highest BCUT2D eigenvalue weighted by atomic mass is 16.5. The van der Waals surface area contributed by atoms with Gasteiger partial charge in [0.2, 0.25) is 0 Å². The molecular weight excluding hydrogens is 360 g/mol. The third-order valence-electron chi connectivity index (χ3n) is 5.17. The lowest BCUT2D eigenvalue weighted by Gasteiger charge is -2.18. The molecule has 0 saturated heterocycles. The normalized spacial score (nSPS) is 12.0. The molecule has 0 unspecified atom stereocenters. The highest BCUT2D eigenvalue weighted by molar-refractivity contribution is 6.10. The third-order valence-corrected chi connectivity index (χ3v) is 5.17. The van der Waals surface area contributed by atoms with Crippen LogP contribution >= 0.6 is 0 Å². The van der Waals surface area contributed by atoms with Crippen LogP contribution in [0.4, 0.5) is 0 Å². The fourth-order valence-electron chi connectivity index (χ4n) is 3.59. The standard InChI is InChI=1S/C25H24N2O2/c1-29-20-13-11-18(12-14-20)15-16-26-24(19-7-3-2-4-8-19)25(28)22-17-27-23-10-6-5-9-21(22)23/h2-14,17,24,26-27H,15-16H2,1H3/t24-/m1/s1. The van der Waals surface area contributed by atoms with Crippen molar-refractivity contribution in [2.75, 3.05) is 13.7 Å². The van der Waals surface area contributed by atoms with Crippen molar-refractivity contribution in [1.82, 2.24) is 10.3 Å². The van der Waals surface area contributed by atoms with Crippen LogP contribution in [0.5, 0.6) is 5.75 Å². The molecule has 0 aliphatic heterocycles. The van der Waals surface area contributed by atoms with Crippen molar-refractivity contribution >= 4 is 16.7 Å². The minimum Gasteiger partial charge on any atom is -0.497 e. The Morgan fingerprint density at radius 3 is 2.45 bits per heavy atom. The van der Waals surface area contributed by atoms with E-state index in [0.29, 0.717) is 12.1 Å². The molecule has 146 valence electrons. The Bertz CT molecular complexity index is 1080. The largest absolute Gasteiger partial charge is 0.497 e. The van der Waals surface area contributed by atoms with Gasteiger partial charge in [0, 0.05) is 29.2 Å². The number of carbonyl (C=O) groups excluding carboxylic acids is 1. The number of hydrogen-bond acceptors (Lipinski definition) is 3. The summed E-state index contributed by atoms with van der Waals surface area (Å²) in [6.07, 6.45) is 2.64. The van der Waals surface area contributed by atoms with Crippen LogP contribution in [0.25, 0.3) is 10.9 Å². The quantitative estimate of drug-likeness (QED) is 0.423. The van der Waals surface area contributed by atoms with Gasteiger partial charge in [-0.1, -0.05) is 60.7 Å². The number of aromatic amines is 1. The van der Waals surface area contributed by atoms with Gasteiger partial charge in [-0.25, -0.2) is 0 Å². The number of Topliss-reactive ketones (excluding diaryl/α,β-unsaturated/α-hetero) is 1. The molecule has 0 aliphatic rings. The molecule has 1 atom stereocenters. The molecule has 4 aromatic rings. The maximum atomic E-state index is 13.4. The van der Waals surface area contributed by atoms with Gasteiger partial charge in [0.1, 0.15) is 5.75 Å². The Labute approximate surface area is 170 Å². The van der Waals surface area contributed by atoms with Crippen LogP contribution in [0.1, 0.15) is 27.5 Å². The fraction of sp³-hybridized carbons (Fsp3) is 0.160. The molecule has 2 N–H and O–H groups in total. The zero-order chi connectivity index (χ0) is 20.1. The molecule has 3 aromatic carbocycles. The molecule has 1 heterocycles. The summed E-state index contributed by atoms with van der Waals surface area (Å²) in [5, 5.41) is 4.43. The number of ketones is 1. The second kappa shape index (κ2) is 8.76. The number of benzene rings is 3. The molecule has 1 aromatic heterocycles. The molecule has 4 nitrogen and oxygen atoms in total. The first-order chi connectivity index (χ1) is 14.3. The van der Waals surface area contributed by atoms with Gasteiger partial charge < -0.3 is 15.0 Å². The molecule has 0 amide bonds. The summed E-state index contributed by atoms with van der Waals surface area (Å²) in [5.41, 5.74) is 3.86. The second-order valence-corrected chi connectivity index (χ2v) is 7.01. The maximum absolute atomic E-state index is 13.4. The van der Waals surface area contributed by atoms with Gasteiger partial charge in [0.25, 0.3) is 0 Å². The summed E-state index contributed by atoms with van der Waals surface area (Å²) < 4.78 is 5.21. The number of aromatic nitrogens is 1. The zero-order valence-electron chi connectivity index (χ0n) is 16.4. The number of para-hydroxylation sites is 1. The lowest BCUT2D eigenvalue weighted by atomic mass is 9.96. The number of rotatable bonds is 8. The van der Waals surface area contributed by atoms with Gasteiger partial charge in [-0.05, 0) is 35.7 Å². The SMILES string of the molecule is COc1ccc(CCN[C@@H](C(=O)c2c[nH]c3ccccc23)c2ccccc2)cc1. The summed E-state index contributed by atoms with van der Waals surface area (Å²) in [7, 11) is 1.66. The van der Waals surface area contributed by atoms with Gasteiger partial charge in [0.15, 0.2) is 5.78 Å². The smallest absolute Gasteiger partial charge is 0.186 e. The van der Waals surface area contributed by atoms with Crippen molar-refractivity contribution in [1.29, 1.82) is 0 Å². The van der Waals surface area contributed by atoms with Crippen molar-refractivity contribution in [3.63, 3.8) is 0 Å². The number of hydrogen-bond donors (Lipinski definition) is 2. The van der Waals surface area contributed by atoms with Gasteiger partial charge in [-0.3, -0.25) is 4.79 Å². The van der Waals surface area contributed by atoms with Crippen LogP contribution in [0.3, 0.4) is 0 Å². The molecule has 0 spiro atoms. The summed E-state index contributed by atoms with van der Waals surface area (Å²) >= 11 is 0. The van der Waals surface area contributed by atoms with E-state index in [-0.39, 0.29) is 5.78 Å². The minimum atomic E-state index is -0.395. The predicted octanol–water partition coefficient (Wildman–Crippen LogP) is 4.93. The van der Waals surface area contributed by atoms with Crippen LogP contribution < -0.4 is 10.1 Å². The van der Waals surface area contributed by atoms with Crippen LogP contribution in [0.15, 0.2) is 85.1 Å². The van der Waals surface area contributed by atoms with E-state index in [4.69, 9.17) is 4.74 Å². The monoisotopic (exact) mass is 384 g/mol. The first kappa shape index (κ1) is 19.0. The van der Waals surface area contributed by atoms with E-state index in [1.165, 1.54) is 5.56 Å². The van der Waals surface area contributed by atoms with E-state index in [1.807, 2.05) is 72.9 Å². The lowest BCUT2D eigenvalue weighted by molar-refractivity contribution is 0.0945. The van der Waals surface area contributed by atoms with E-state index < -0.39 is 6.04 Å². The number of nitrogens with one attached hydrogen (secondary N) is 2. The lowest BCUT2D eigenvalue weighted by Crippen LogP contribution is -2.30. The van der Waals surface area contributed by atoms with Crippen LogP contribution in [-0.4, -0.2) is 24.4 Å². The summed E-state index contributed by atoms with van der Waals surface area (Å²) in [6, 6.07) is 25.4. The maximum Gasteiger partial charge on any atom is 0.186 e. The first-order valence-electron chi connectivity index (χ1n) is 9.78. The zero-order valence-corrected chi connectivity index (χ0v) is 16.4. The molecule has 0 radical (unpaired) electrons. The Morgan fingerprint density at radius 2 is 1.69 bits per heavy atom. The Balaban J connectivity index is 1.54. The van der Waals surface area contributed by atoms with Crippen molar-refractivity contribution in [2.45, 2.75) is 12.5 Å². The Hall–Kier alpha value is -3.37. The number of H-pyrrole nitrogens is 1. The molecule has 29 heavy (non-hydrogen) atoms. The van der Waals surface area contributed by atoms with Gasteiger partial charge in [0.05, 0.1) is 13.2 Å². The highest BCUT2D eigenvalue weighted by Gasteiger charge is 2.23. The first-order valence-corrected chi connectivity index (χ1v) is 9.78. The van der Waals surface area contributed by atoms with Crippen molar-refractivity contribution in [3.8, 4) is 5.75 Å². The van der Waals surface area contributed by atoms with Crippen LogP contribution in [0.2, 0.25) is 0 Å². The molecular formula is C25H24N2O2. The summed E-state index contributed by atoms with van der Waals surface area (Å²) in [5.74, 6) is 0.918. The highest BCUT2D eigenvalue weighted by Crippen LogP contribution is 2.24. The number of ether oxygens (including phenoxy) is 1. The average molecular weight is 384 g/mol. The van der Waals surface area contributed by atoms with E-state index in [9.17, 15) is 4.79 Å². The van der Waals surface area contributed by atoms with Crippen LogP contribution in [-0.2, 0) is 6.42 Å². The van der Waals surface area contributed by atoms with Gasteiger partial charge in [-0.15, -0.1) is 0 Å². The van der Waals surface area contributed by atoms with Crippen molar-refractivity contribution in [2.24, 2.45) is 0 Å². The average Bonchev–Trinajstić information content (AvgIpc) is 3.21. The number of fused-ring (bicyclic) bond motifs is 1. The van der Waals surface area contributed by atoms with E-state index in [2.05, 4.69) is 22.4 Å². The third kappa shape index (κ3) is 4.23. The van der Waals surface area contributed by atoms with Crippen LogP contribution in [0, 0.1) is 0 Å². The van der Waals surface area contributed by atoms with E-state index >= 15 is 0 Å². The number of methoxy groups -OCH3 is 1. The number of carbonyl (C=O) groups is 1. The van der Waals surface area contributed by atoms with Crippen molar-refractivity contribution in [3.05, 3.63) is 102 Å². The van der Waals surface area contributed by atoms with Gasteiger partial charge >= 0.3 is 0 Å².